The van der Waals surface area contributed by atoms with Gasteiger partial charge in [-0.15, -0.1) is 0 Å². The maximum atomic E-state index is 10.8. The summed E-state index contributed by atoms with van der Waals surface area (Å²) in [5, 5.41) is 14.0. The molecule has 1 saturated heterocycles. The standard InChI is InChI=1S/C13H18N2O3/c1-9-5-12(7-13(6-9)15(16)17)14-8-11-3-4-18-10(11)2/h5-7,10-11,14H,3-4,8H2,1-2H3. The van der Waals surface area contributed by atoms with Crippen LogP contribution in [0.25, 0.3) is 0 Å². The molecular formula is C13H18N2O3. The van der Waals surface area contributed by atoms with E-state index in [0.717, 1.165) is 30.8 Å². The average molecular weight is 250 g/mol. The maximum absolute atomic E-state index is 10.8. The summed E-state index contributed by atoms with van der Waals surface area (Å²) in [4.78, 5) is 10.4. The summed E-state index contributed by atoms with van der Waals surface area (Å²) in [5.74, 6) is 0.476. The van der Waals surface area contributed by atoms with E-state index in [1.807, 2.05) is 13.0 Å². The molecule has 1 aromatic carbocycles. The van der Waals surface area contributed by atoms with Crippen LogP contribution in [0.5, 0.6) is 0 Å². The van der Waals surface area contributed by atoms with E-state index in [0.29, 0.717) is 5.92 Å². The van der Waals surface area contributed by atoms with Gasteiger partial charge in [-0.05, 0) is 31.9 Å². The number of nitro benzene ring substituents is 1. The van der Waals surface area contributed by atoms with Crippen molar-refractivity contribution in [1.82, 2.24) is 0 Å². The SMILES string of the molecule is Cc1cc(NCC2CCOC2C)cc([N+](=O)[O-])c1. The van der Waals surface area contributed by atoms with Gasteiger partial charge in [0.1, 0.15) is 0 Å². The Morgan fingerprint density at radius 1 is 1.50 bits per heavy atom. The first-order valence-electron chi connectivity index (χ1n) is 6.18. The van der Waals surface area contributed by atoms with Gasteiger partial charge in [0, 0.05) is 36.9 Å². The van der Waals surface area contributed by atoms with Crippen molar-refractivity contribution in [2.24, 2.45) is 5.92 Å². The largest absolute Gasteiger partial charge is 0.384 e. The first kappa shape index (κ1) is 12.8. The summed E-state index contributed by atoms with van der Waals surface area (Å²) in [6.45, 7) is 5.53. The van der Waals surface area contributed by atoms with Gasteiger partial charge in [0.25, 0.3) is 5.69 Å². The van der Waals surface area contributed by atoms with Gasteiger partial charge >= 0.3 is 0 Å². The molecule has 1 fully saturated rings. The highest BCUT2D eigenvalue weighted by Gasteiger charge is 2.23. The lowest BCUT2D eigenvalue weighted by atomic mass is 10.0. The van der Waals surface area contributed by atoms with Crippen LogP contribution in [-0.4, -0.2) is 24.2 Å². The highest BCUT2D eigenvalue weighted by atomic mass is 16.6. The van der Waals surface area contributed by atoms with Crippen LogP contribution in [0.1, 0.15) is 18.9 Å². The Kier molecular flexibility index (Phi) is 3.81. The van der Waals surface area contributed by atoms with Crippen molar-refractivity contribution in [2.75, 3.05) is 18.5 Å². The Labute approximate surface area is 106 Å². The zero-order valence-corrected chi connectivity index (χ0v) is 10.7. The van der Waals surface area contributed by atoms with Crippen LogP contribution in [0.15, 0.2) is 18.2 Å². The maximum Gasteiger partial charge on any atom is 0.271 e. The van der Waals surface area contributed by atoms with Gasteiger partial charge in [-0.1, -0.05) is 0 Å². The highest BCUT2D eigenvalue weighted by molar-refractivity contribution is 5.53. The molecular weight excluding hydrogens is 232 g/mol. The van der Waals surface area contributed by atoms with Crippen LogP contribution in [0.3, 0.4) is 0 Å². The third-order valence-corrected chi connectivity index (χ3v) is 3.37. The lowest BCUT2D eigenvalue weighted by Gasteiger charge is -2.15. The molecule has 0 saturated carbocycles. The van der Waals surface area contributed by atoms with E-state index in [1.165, 1.54) is 0 Å². The second-order valence-corrected chi connectivity index (χ2v) is 4.82. The molecule has 1 aliphatic heterocycles. The molecule has 1 aromatic rings. The highest BCUT2D eigenvalue weighted by Crippen LogP contribution is 2.24. The number of hydrogen-bond acceptors (Lipinski definition) is 4. The van der Waals surface area contributed by atoms with E-state index in [9.17, 15) is 10.1 Å². The van der Waals surface area contributed by atoms with E-state index in [4.69, 9.17) is 4.74 Å². The Morgan fingerprint density at radius 2 is 2.28 bits per heavy atom. The number of nitrogens with one attached hydrogen (secondary N) is 1. The van der Waals surface area contributed by atoms with Crippen molar-refractivity contribution in [3.63, 3.8) is 0 Å². The lowest BCUT2D eigenvalue weighted by molar-refractivity contribution is -0.384. The minimum Gasteiger partial charge on any atom is -0.384 e. The van der Waals surface area contributed by atoms with Gasteiger partial charge in [-0.25, -0.2) is 0 Å². The molecule has 1 N–H and O–H groups in total. The first-order chi connectivity index (χ1) is 8.56. The van der Waals surface area contributed by atoms with Gasteiger partial charge in [0.15, 0.2) is 0 Å². The van der Waals surface area contributed by atoms with Gasteiger partial charge in [-0.2, -0.15) is 0 Å². The molecule has 5 nitrogen and oxygen atoms in total. The third kappa shape index (κ3) is 2.98. The predicted molar refractivity (Wildman–Crippen MR) is 69.8 cm³/mol. The average Bonchev–Trinajstić information content (AvgIpc) is 2.71. The van der Waals surface area contributed by atoms with Crippen LogP contribution in [0.2, 0.25) is 0 Å². The molecule has 18 heavy (non-hydrogen) atoms. The zero-order valence-electron chi connectivity index (χ0n) is 10.7. The normalized spacial score (nSPS) is 23.0. The van der Waals surface area contributed by atoms with E-state index < -0.39 is 0 Å². The van der Waals surface area contributed by atoms with Gasteiger partial charge in [-0.3, -0.25) is 10.1 Å². The number of aryl methyl sites for hydroxylation is 1. The zero-order chi connectivity index (χ0) is 13.1. The second kappa shape index (κ2) is 5.35. The van der Waals surface area contributed by atoms with Crippen molar-refractivity contribution in [3.05, 3.63) is 33.9 Å². The van der Waals surface area contributed by atoms with Crippen LogP contribution in [-0.2, 0) is 4.74 Å². The predicted octanol–water partition coefficient (Wildman–Crippen LogP) is 2.74. The second-order valence-electron chi connectivity index (χ2n) is 4.82. The Hall–Kier alpha value is -1.62. The van der Waals surface area contributed by atoms with Crippen molar-refractivity contribution in [1.29, 1.82) is 0 Å². The Morgan fingerprint density at radius 3 is 2.89 bits per heavy atom. The van der Waals surface area contributed by atoms with Crippen LogP contribution in [0, 0.1) is 23.0 Å². The summed E-state index contributed by atoms with van der Waals surface area (Å²) < 4.78 is 5.49. The number of rotatable bonds is 4. The summed E-state index contributed by atoms with van der Waals surface area (Å²) in [6.07, 6.45) is 1.31. The first-order valence-corrected chi connectivity index (χ1v) is 6.18. The molecule has 2 atom stereocenters. The molecule has 0 bridgehead atoms. The lowest BCUT2D eigenvalue weighted by Crippen LogP contribution is -2.20. The smallest absolute Gasteiger partial charge is 0.271 e. The topological polar surface area (TPSA) is 64.4 Å². The molecule has 5 heteroatoms. The number of anilines is 1. The van der Waals surface area contributed by atoms with E-state index in [2.05, 4.69) is 12.2 Å². The van der Waals surface area contributed by atoms with Gasteiger partial charge < -0.3 is 10.1 Å². The van der Waals surface area contributed by atoms with Crippen molar-refractivity contribution >= 4 is 11.4 Å². The minimum absolute atomic E-state index is 0.133. The fourth-order valence-corrected chi connectivity index (χ4v) is 2.26. The number of non-ortho nitro benzene ring substituents is 1. The summed E-state index contributed by atoms with van der Waals surface area (Å²) >= 11 is 0. The van der Waals surface area contributed by atoms with E-state index in [1.54, 1.807) is 12.1 Å². The summed E-state index contributed by atoms with van der Waals surface area (Å²) in [6, 6.07) is 5.08. The third-order valence-electron chi connectivity index (χ3n) is 3.37. The summed E-state index contributed by atoms with van der Waals surface area (Å²) in [7, 11) is 0. The van der Waals surface area contributed by atoms with E-state index in [-0.39, 0.29) is 16.7 Å². The quantitative estimate of drug-likeness (QED) is 0.659. The van der Waals surface area contributed by atoms with Crippen molar-refractivity contribution in [3.8, 4) is 0 Å². The number of nitrogens with zero attached hydrogens (tertiary/aromatic N) is 1. The van der Waals surface area contributed by atoms with E-state index >= 15 is 0 Å². The molecule has 0 spiro atoms. The number of hydrogen-bond donors (Lipinski definition) is 1. The number of ether oxygens (including phenoxy) is 1. The Balaban J connectivity index is 2.02. The molecule has 1 aliphatic rings. The molecule has 1 heterocycles. The molecule has 2 rings (SSSR count). The molecule has 2 unspecified atom stereocenters. The van der Waals surface area contributed by atoms with Crippen molar-refractivity contribution < 1.29 is 9.66 Å². The monoisotopic (exact) mass is 250 g/mol. The molecule has 0 radical (unpaired) electrons. The Bertz CT molecular complexity index is 448. The van der Waals surface area contributed by atoms with Crippen molar-refractivity contribution in [2.45, 2.75) is 26.4 Å². The fourth-order valence-electron chi connectivity index (χ4n) is 2.26. The summed E-state index contributed by atoms with van der Waals surface area (Å²) in [5.41, 5.74) is 1.83. The molecule has 0 amide bonds. The number of nitro groups is 1. The van der Waals surface area contributed by atoms with Crippen LogP contribution >= 0.6 is 0 Å². The molecule has 0 aliphatic carbocycles. The fraction of sp³-hybridized carbons (Fsp3) is 0.538. The van der Waals surface area contributed by atoms with Crippen LogP contribution < -0.4 is 5.32 Å². The van der Waals surface area contributed by atoms with Crippen LogP contribution in [0.4, 0.5) is 11.4 Å². The minimum atomic E-state index is -0.362. The molecule has 0 aromatic heterocycles. The van der Waals surface area contributed by atoms with Gasteiger partial charge in [0.2, 0.25) is 0 Å². The number of benzene rings is 1. The molecule has 98 valence electrons. The van der Waals surface area contributed by atoms with Gasteiger partial charge in [0.05, 0.1) is 11.0 Å².